The summed E-state index contributed by atoms with van der Waals surface area (Å²) >= 11 is 1.39. The highest BCUT2D eigenvalue weighted by molar-refractivity contribution is 7.10. The molecule has 1 amide bonds. The smallest absolute Gasteiger partial charge is 0.295 e. The number of carbonyl (C=O) groups is 2. The average molecular weight is 468 g/mol. The number of benzene rings is 2. The Morgan fingerprint density at radius 3 is 2.48 bits per heavy atom. The van der Waals surface area contributed by atoms with Gasteiger partial charge in [0.05, 0.1) is 31.4 Å². The minimum Gasteiger partial charge on any atom is -0.507 e. The molecule has 0 saturated carbocycles. The molecule has 0 radical (unpaired) electrons. The van der Waals surface area contributed by atoms with Crippen LogP contribution in [0.2, 0.25) is 0 Å². The van der Waals surface area contributed by atoms with Gasteiger partial charge in [0, 0.05) is 17.5 Å². The van der Waals surface area contributed by atoms with Gasteiger partial charge in [-0.1, -0.05) is 18.2 Å². The molecule has 170 valence electrons. The van der Waals surface area contributed by atoms with Crippen molar-refractivity contribution >= 4 is 28.8 Å². The van der Waals surface area contributed by atoms with Gasteiger partial charge in [-0.15, -0.1) is 11.3 Å². The molecule has 0 aliphatic carbocycles. The van der Waals surface area contributed by atoms with Gasteiger partial charge in [-0.2, -0.15) is 0 Å². The second-order valence-electron chi connectivity index (χ2n) is 7.45. The van der Waals surface area contributed by atoms with Crippen molar-refractivity contribution in [1.29, 1.82) is 0 Å². The molecule has 0 spiro atoms. The number of hydrogen-bond donors (Lipinski definition) is 1. The number of nitrogens with zero attached hydrogens (tertiary/aromatic N) is 1. The monoisotopic (exact) mass is 467 g/mol. The number of amides is 1. The van der Waals surface area contributed by atoms with Crippen molar-refractivity contribution in [2.75, 3.05) is 20.8 Å². The first-order chi connectivity index (χ1) is 15.9. The molecule has 0 bridgehead atoms. The fraction of sp³-hybridized carbons (Fsp3) is 0.200. The lowest BCUT2D eigenvalue weighted by atomic mass is 9.99. The zero-order valence-electron chi connectivity index (χ0n) is 18.1. The standard InChI is InChI=1S/C25H22FNO5S/c1-31-17-9-10-18(19(14-17)32-2)23(28)21-22(20-4-3-13-33-20)27(25(30)24(21)29)12-11-15-5-7-16(26)8-6-15/h3-10,13-14,22,28H,11-12H2,1-2H3/b23-21-. The van der Waals surface area contributed by atoms with Crippen LogP contribution in [0.25, 0.3) is 5.76 Å². The van der Waals surface area contributed by atoms with Crippen molar-refractivity contribution in [1.82, 2.24) is 4.90 Å². The van der Waals surface area contributed by atoms with Crippen molar-refractivity contribution in [2.45, 2.75) is 12.5 Å². The van der Waals surface area contributed by atoms with Crippen LogP contribution in [-0.4, -0.2) is 42.5 Å². The van der Waals surface area contributed by atoms with E-state index in [9.17, 15) is 19.1 Å². The van der Waals surface area contributed by atoms with Crippen molar-refractivity contribution < 1.29 is 28.6 Å². The summed E-state index contributed by atoms with van der Waals surface area (Å²) in [7, 11) is 2.96. The first-order valence-corrected chi connectivity index (χ1v) is 11.1. The van der Waals surface area contributed by atoms with E-state index in [0.717, 1.165) is 10.4 Å². The quantitative estimate of drug-likeness (QED) is 0.313. The normalized spacial score (nSPS) is 17.4. The minimum absolute atomic E-state index is 0.00465. The topological polar surface area (TPSA) is 76.1 Å². The summed E-state index contributed by atoms with van der Waals surface area (Å²) in [5.41, 5.74) is 1.13. The Bertz CT molecular complexity index is 1200. The Hall–Kier alpha value is -3.65. The summed E-state index contributed by atoms with van der Waals surface area (Å²) < 4.78 is 23.8. The van der Waals surface area contributed by atoms with Gasteiger partial charge in [-0.05, 0) is 47.7 Å². The van der Waals surface area contributed by atoms with E-state index in [2.05, 4.69) is 0 Å². The van der Waals surface area contributed by atoms with Crippen LogP contribution in [0.1, 0.15) is 22.0 Å². The lowest BCUT2D eigenvalue weighted by Gasteiger charge is -2.24. The fourth-order valence-corrected chi connectivity index (χ4v) is 4.74. The number of carbonyl (C=O) groups excluding carboxylic acids is 2. The van der Waals surface area contributed by atoms with E-state index in [1.54, 1.807) is 30.3 Å². The van der Waals surface area contributed by atoms with E-state index in [-0.39, 0.29) is 29.3 Å². The van der Waals surface area contributed by atoms with Crippen LogP contribution in [0.15, 0.2) is 65.6 Å². The zero-order valence-corrected chi connectivity index (χ0v) is 18.9. The van der Waals surface area contributed by atoms with Gasteiger partial charge in [0.2, 0.25) is 0 Å². The van der Waals surface area contributed by atoms with E-state index < -0.39 is 17.7 Å². The largest absolute Gasteiger partial charge is 0.507 e. The number of rotatable bonds is 7. The molecule has 1 aromatic heterocycles. The predicted octanol–water partition coefficient (Wildman–Crippen LogP) is 4.57. The molecule has 8 heteroatoms. The number of ether oxygens (including phenoxy) is 2. The van der Waals surface area contributed by atoms with Crippen LogP contribution >= 0.6 is 11.3 Å². The molecule has 2 heterocycles. The van der Waals surface area contributed by atoms with Crippen LogP contribution in [0, 0.1) is 5.82 Å². The molecule has 3 aromatic rings. The molecule has 4 rings (SSSR count). The minimum atomic E-state index is -0.761. The van der Waals surface area contributed by atoms with Gasteiger partial charge < -0.3 is 19.5 Å². The zero-order chi connectivity index (χ0) is 23.5. The van der Waals surface area contributed by atoms with Gasteiger partial charge in [-0.3, -0.25) is 9.59 Å². The van der Waals surface area contributed by atoms with Crippen LogP contribution < -0.4 is 9.47 Å². The Morgan fingerprint density at radius 2 is 1.85 bits per heavy atom. The molecule has 1 fully saturated rings. The molecule has 2 aromatic carbocycles. The Kier molecular flexibility index (Phi) is 6.46. The van der Waals surface area contributed by atoms with Crippen molar-refractivity contribution in [3.63, 3.8) is 0 Å². The maximum Gasteiger partial charge on any atom is 0.295 e. The molecule has 1 N–H and O–H groups in total. The molecular formula is C25H22FNO5S. The number of methoxy groups -OCH3 is 2. The first-order valence-electron chi connectivity index (χ1n) is 10.2. The van der Waals surface area contributed by atoms with Crippen molar-refractivity contribution in [3.05, 3.63) is 87.4 Å². The van der Waals surface area contributed by atoms with Crippen LogP contribution in [0.5, 0.6) is 11.5 Å². The number of aliphatic hydroxyl groups is 1. The van der Waals surface area contributed by atoms with Gasteiger partial charge >= 0.3 is 0 Å². The summed E-state index contributed by atoms with van der Waals surface area (Å²) in [5.74, 6) is -1.26. The SMILES string of the molecule is COc1ccc(/C(O)=C2/C(=O)C(=O)N(CCc3ccc(F)cc3)C2c2cccs2)c(OC)c1. The highest BCUT2D eigenvalue weighted by atomic mass is 32.1. The molecule has 1 aliphatic heterocycles. The van der Waals surface area contributed by atoms with Crippen molar-refractivity contribution in [3.8, 4) is 11.5 Å². The van der Waals surface area contributed by atoms with Gasteiger partial charge in [0.25, 0.3) is 11.7 Å². The summed E-state index contributed by atoms with van der Waals surface area (Å²) in [6, 6.07) is 13.7. The number of aliphatic hydroxyl groups excluding tert-OH is 1. The number of Topliss-reactive ketones (excluding diaryl/α,β-unsaturated/α-hetero) is 1. The number of halogens is 1. The highest BCUT2D eigenvalue weighted by Crippen LogP contribution is 2.42. The molecular weight excluding hydrogens is 445 g/mol. The second-order valence-corrected chi connectivity index (χ2v) is 8.43. The molecule has 1 aliphatic rings. The first kappa shape index (κ1) is 22.5. The molecule has 1 saturated heterocycles. The second kappa shape index (κ2) is 9.46. The van der Waals surface area contributed by atoms with E-state index >= 15 is 0 Å². The fourth-order valence-electron chi connectivity index (χ4n) is 3.89. The number of thiophene rings is 1. The Labute approximate surface area is 194 Å². The maximum absolute atomic E-state index is 13.2. The van der Waals surface area contributed by atoms with Crippen molar-refractivity contribution in [2.24, 2.45) is 0 Å². The van der Waals surface area contributed by atoms with Gasteiger partial charge in [0.1, 0.15) is 23.1 Å². The summed E-state index contributed by atoms with van der Waals surface area (Å²) in [6.07, 6.45) is 0.432. The van der Waals surface area contributed by atoms with Crippen LogP contribution in [-0.2, 0) is 16.0 Å². The number of likely N-dealkylation sites (tertiary alicyclic amines) is 1. The van der Waals surface area contributed by atoms with Crippen LogP contribution in [0.3, 0.4) is 0 Å². The lowest BCUT2D eigenvalue weighted by molar-refractivity contribution is -0.139. The summed E-state index contributed by atoms with van der Waals surface area (Å²) in [5, 5.41) is 13.1. The lowest BCUT2D eigenvalue weighted by Crippen LogP contribution is -2.31. The number of hydrogen-bond acceptors (Lipinski definition) is 6. The molecule has 1 unspecified atom stereocenters. The van der Waals surface area contributed by atoms with E-state index in [4.69, 9.17) is 9.47 Å². The predicted molar refractivity (Wildman–Crippen MR) is 123 cm³/mol. The average Bonchev–Trinajstić information content (AvgIpc) is 3.45. The number of ketones is 1. The maximum atomic E-state index is 13.2. The third-order valence-electron chi connectivity index (χ3n) is 5.57. The van der Waals surface area contributed by atoms with E-state index in [0.29, 0.717) is 17.9 Å². The highest BCUT2D eigenvalue weighted by Gasteiger charge is 2.46. The summed E-state index contributed by atoms with van der Waals surface area (Å²) in [6.45, 7) is 0.231. The Morgan fingerprint density at radius 1 is 1.09 bits per heavy atom. The third kappa shape index (κ3) is 4.34. The van der Waals surface area contributed by atoms with Crippen LogP contribution in [0.4, 0.5) is 4.39 Å². The molecule has 1 atom stereocenters. The van der Waals surface area contributed by atoms with E-state index in [1.807, 2.05) is 17.5 Å². The summed E-state index contributed by atoms with van der Waals surface area (Å²) in [4.78, 5) is 28.3. The van der Waals surface area contributed by atoms with Gasteiger partial charge in [0.15, 0.2) is 0 Å². The molecule has 6 nitrogen and oxygen atoms in total. The van der Waals surface area contributed by atoms with E-state index in [1.165, 1.54) is 42.6 Å². The third-order valence-corrected chi connectivity index (χ3v) is 6.50. The Balaban J connectivity index is 1.76. The molecule has 33 heavy (non-hydrogen) atoms. The van der Waals surface area contributed by atoms with Gasteiger partial charge in [-0.25, -0.2) is 4.39 Å².